The van der Waals surface area contributed by atoms with Crippen molar-refractivity contribution in [3.8, 4) is 35.1 Å². The van der Waals surface area contributed by atoms with Gasteiger partial charge in [-0.3, -0.25) is 10.6 Å². The van der Waals surface area contributed by atoms with Crippen molar-refractivity contribution in [3.05, 3.63) is 47.5 Å². The second kappa shape index (κ2) is 12.3. The largest absolute Gasteiger partial charge is 0.493 e. The van der Waals surface area contributed by atoms with Crippen LogP contribution < -0.4 is 29.6 Å². The van der Waals surface area contributed by atoms with Crippen LogP contribution in [0.25, 0.3) is 0 Å². The summed E-state index contributed by atoms with van der Waals surface area (Å²) < 4.78 is 21.5. The number of hydrogen-bond acceptors (Lipinski definition) is 8. The SMILES string of the molecule is COc1cccc([C@@H](C#N)NCCCN[C@H](C#N)c2cccc(OC)c2OC)c1OC. The summed E-state index contributed by atoms with van der Waals surface area (Å²) in [6.45, 7) is 1.14. The molecule has 0 saturated carbocycles. The van der Waals surface area contributed by atoms with Crippen LogP contribution in [-0.4, -0.2) is 41.5 Å². The Balaban J connectivity index is 1.96. The Labute approximate surface area is 183 Å². The number of nitrogens with zero attached hydrogens (tertiary/aromatic N) is 2. The van der Waals surface area contributed by atoms with Crippen molar-refractivity contribution in [1.82, 2.24) is 10.6 Å². The minimum absolute atomic E-state index is 0.539. The molecular weight excluding hydrogens is 396 g/mol. The van der Waals surface area contributed by atoms with Gasteiger partial charge in [-0.25, -0.2) is 0 Å². The molecule has 0 aromatic heterocycles. The van der Waals surface area contributed by atoms with Crippen molar-refractivity contribution in [2.45, 2.75) is 18.5 Å². The molecule has 2 N–H and O–H groups in total. The molecule has 31 heavy (non-hydrogen) atoms. The fourth-order valence-corrected chi connectivity index (χ4v) is 3.31. The average molecular weight is 425 g/mol. The van der Waals surface area contributed by atoms with Crippen LogP contribution in [0.2, 0.25) is 0 Å². The maximum atomic E-state index is 9.61. The number of nitriles is 2. The summed E-state index contributed by atoms with van der Waals surface area (Å²) >= 11 is 0. The van der Waals surface area contributed by atoms with Gasteiger partial charge in [0.1, 0.15) is 12.1 Å². The zero-order valence-electron chi connectivity index (χ0n) is 18.3. The first-order valence-electron chi connectivity index (χ1n) is 9.82. The third kappa shape index (κ3) is 5.79. The second-order valence-corrected chi connectivity index (χ2v) is 6.55. The lowest BCUT2D eigenvalue weighted by atomic mass is 10.1. The van der Waals surface area contributed by atoms with Gasteiger partial charge in [0, 0.05) is 11.1 Å². The number of rotatable bonds is 12. The summed E-state index contributed by atoms with van der Waals surface area (Å²) in [7, 11) is 6.22. The van der Waals surface area contributed by atoms with Crippen molar-refractivity contribution in [2.75, 3.05) is 41.5 Å². The van der Waals surface area contributed by atoms with E-state index in [4.69, 9.17) is 18.9 Å². The van der Waals surface area contributed by atoms with Crippen molar-refractivity contribution in [3.63, 3.8) is 0 Å². The van der Waals surface area contributed by atoms with Crippen LogP contribution in [0, 0.1) is 22.7 Å². The molecule has 2 aromatic carbocycles. The molecular formula is C23H28N4O4. The van der Waals surface area contributed by atoms with Crippen LogP contribution in [0.5, 0.6) is 23.0 Å². The third-order valence-corrected chi connectivity index (χ3v) is 4.80. The minimum Gasteiger partial charge on any atom is -0.493 e. The average Bonchev–Trinajstić information content (AvgIpc) is 2.82. The summed E-state index contributed by atoms with van der Waals surface area (Å²) in [4.78, 5) is 0. The molecule has 0 heterocycles. The van der Waals surface area contributed by atoms with Gasteiger partial charge in [-0.15, -0.1) is 0 Å². The van der Waals surface area contributed by atoms with E-state index in [2.05, 4.69) is 22.8 Å². The first-order chi connectivity index (χ1) is 15.1. The summed E-state index contributed by atoms with van der Waals surface area (Å²) in [5, 5.41) is 25.7. The van der Waals surface area contributed by atoms with Crippen LogP contribution in [0.4, 0.5) is 0 Å². The maximum Gasteiger partial charge on any atom is 0.166 e. The Bertz CT molecular complexity index is 861. The molecule has 2 rings (SSSR count). The standard InChI is InChI=1S/C23H28N4O4/c1-28-20-10-5-8-16(22(20)30-3)18(14-24)26-12-7-13-27-19(15-25)17-9-6-11-21(29-2)23(17)31-4/h5-6,8-11,18-19,26-27H,7,12-13H2,1-4H3/t18-,19-/m1/s1. The predicted molar refractivity (Wildman–Crippen MR) is 116 cm³/mol. The van der Waals surface area contributed by atoms with Crippen molar-refractivity contribution in [2.24, 2.45) is 0 Å². The van der Waals surface area contributed by atoms with Crippen molar-refractivity contribution in [1.29, 1.82) is 10.5 Å². The van der Waals surface area contributed by atoms with Crippen LogP contribution in [-0.2, 0) is 0 Å². The van der Waals surface area contributed by atoms with E-state index >= 15 is 0 Å². The molecule has 8 heteroatoms. The molecule has 0 saturated heterocycles. The lowest BCUT2D eigenvalue weighted by molar-refractivity contribution is 0.348. The number of para-hydroxylation sites is 2. The molecule has 8 nitrogen and oxygen atoms in total. The van der Waals surface area contributed by atoms with E-state index in [1.165, 1.54) is 0 Å². The number of hydrogen-bond donors (Lipinski definition) is 2. The zero-order chi connectivity index (χ0) is 22.6. The lowest BCUT2D eigenvalue weighted by Gasteiger charge is -2.19. The summed E-state index contributed by atoms with van der Waals surface area (Å²) in [6, 6.07) is 14.3. The summed E-state index contributed by atoms with van der Waals surface area (Å²) in [5.41, 5.74) is 1.43. The molecule has 0 aliphatic rings. The predicted octanol–water partition coefficient (Wildman–Crippen LogP) is 3.12. The van der Waals surface area contributed by atoms with E-state index < -0.39 is 12.1 Å². The Morgan fingerprint density at radius 2 is 1.13 bits per heavy atom. The minimum atomic E-state index is -0.546. The van der Waals surface area contributed by atoms with Gasteiger partial charge in [0.15, 0.2) is 23.0 Å². The van der Waals surface area contributed by atoms with Crippen LogP contribution >= 0.6 is 0 Å². The molecule has 0 fully saturated rings. The van der Waals surface area contributed by atoms with Gasteiger partial charge in [-0.05, 0) is 31.6 Å². The van der Waals surface area contributed by atoms with Gasteiger partial charge in [0.05, 0.1) is 40.6 Å². The molecule has 0 radical (unpaired) electrons. The molecule has 0 amide bonds. The lowest BCUT2D eigenvalue weighted by Crippen LogP contribution is -2.27. The summed E-state index contributed by atoms with van der Waals surface area (Å²) in [6.07, 6.45) is 0.703. The number of methoxy groups -OCH3 is 4. The highest BCUT2D eigenvalue weighted by Gasteiger charge is 2.20. The molecule has 0 bridgehead atoms. The highest BCUT2D eigenvalue weighted by molar-refractivity contribution is 5.50. The van der Waals surface area contributed by atoms with Gasteiger partial charge in [0.25, 0.3) is 0 Å². The molecule has 0 aliphatic heterocycles. The Morgan fingerprint density at radius 1 is 0.710 bits per heavy atom. The second-order valence-electron chi connectivity index (χ2n) is 6.55. The van der Waals surface area contributed by atoms with Crippen LogP contribution in [0.1, 0.15) is 29.6 Å². The molecule has 164 valence electrons. The van der Waals surface area contributed by atoms with E-state index in [1.807, 2.05) is 24.3 Å². The number of nitrogens with one attached hydrogen (secondary N) is 2. The van der Waals surface area contributed by atoms with E-state index in [0.717, 1.165) is 0 Å². The molecule has 0 aliphatic carbocycles. The van der Waals surface area contributed by atoms with Gasteiger partial charge in [-0.2, -0.15) is 10.5 Å². The van der Waals surface area contributed by atoms with Crippen LogP contribution in [0.15, 0.2) is 36.4 Å². The van der Waals surface area contributed by atoms with Gasteiger partial charge >= 0.3 is 0 Å². The Kier molecular flexibility index (Phi) is 9.44. The van der Waals surface area contributed by atoms with Crippen molar-refractivity contribution < 1.29 is 18.9 Å². The van der Waals surface area contributed by atoms with Gasteiger partial charge in [0.2, 0.25) is 0 Å². The number of ether oxygens (including phenoxy) is 4. The first kappa shape index (κ1) is 23.8. The van der Waals surface area contributed by atoms with E-state index in [1.54, 1.807) is 40.6 Å². The Hall–Kier alpha value is -3.46. The summed E-state index contributed by atoms with van der Waals surface area (Å²) in [5.74, 6) is 2.23. The quantitative estimate of drug-likeness (QED) is 0.500. The maximum absolute atomic E-state index is 9.61. The van der Waals surface area contributed by atoms with Gasteiger partial charge in [-0.1, -0.05) is 24.3 Å². The van der Waals surface area contributed by atoms with Crippen molar-refractivity contribution >= 4 is 0 Å². The molecule has 0 unspecified atom stereocenters. The first-order valence-corrected chi connectivity index (χ1v) is 9.82. The molecule has 2 aromatic rings. The van der Waals surface area contributed by atoms with E-state index in [9.17, 15) is 10.5 Å². The normalized spacial score (nSPS) is 12.2. The monoisotopic (exact) mass is 424 g/mol. The van der Waals surface area contributed by atoms with Gasteiger partial charge < -0.3 is 18.9 Å². The topological polar surface area (TPSA) is 109 Å². The highest BCUT2D eigenvalue weighted by atomic mass is 16.5. The Morgan fingerprint density at radius 3 is 1.45 bits per heavy atom. The van der Waals surface area contributed by atoms with Crippen LogP contribution in [0.3, 0.4) is 0 Å². The van der Waals surface area contributed by atoms with E-state index in [0.29, 0.717) is 53.6 Å². The smallest absolute Gasteiger partial charge is 0.166 e. The van der Waals surface area contributed by atoms with E-state index in [-0.39, 0.29) is 0 Å². The fourth-order valence-electron chi connectivity index (χ4n) is 3.31. The molecule has 2 atom stereocenters. The fraction of sp³-hybridized carbons (Fsp3) is 0.391. The molecule has 0 spiro atoms. The zero-order valence-corrected chi connectivity index (χ0v) is 18.3. The highest BCUT2D eigenvalue weighted by Crippen LogP contribution is 2.35. The number of benzene rings is 2. The third-order valence-electron chi connectivity index (χ3n) is 4.80.